The minimum atomic E-state index is 0.146. The minimum Gasteiger partial charge on any atom is -0.395 e. The number of ketones is 1. The molecule has 0 aromatic heterocycles. The van der Waals surface area contributed by atoms with Crippen molar-refractivity contribution in [3.63, 3.8) is 0 Å². The van der Waals surface area contributed by atoms with Crippen molar-refractivity contribution in [2.75, 3.05) is 26.7 Å². The standard InChI is InChI=1S/C9H17NO2/c1-3-9(12)5-4-6-10(2)7-8-11/h4-5,11H,3,6-8H2,1-2H3/b5-4+. The average Bonchev–Trinajstić information content (AvgIpc) is 2.04. The highest BCUT2D eigenvalue weighted by atomic mass is 16.3. The summed E-state index contributed by atoms with van der Waals surface area (Å²) in [6, 6.07) is 0. The van der Waals surface area contributed by atoms with Crippen LogP contribution in [-0.4, -0.2) is 42.5 Å². The minimum absolute atomic E-state index is 0.146. The maximum absolute atomic E-state index is 10.8. The summed E-state index contributed by atoms with van der Waals surface area (Å²) < 4.78 is 0. The van der Waals surface area contributed by atoms with Gasteiger partial charge in [-0.1, -0.05) is 13.0 Å². The highest BCUT2D eigenvalue weighted by molar-refractivity contribution is 5.89. The summed E-state index contributed by atoms with van der Waals surface area (Å²) in [6.07, 6.45) is 3.97. The van der Waals surface area contributed by atoms with Crippen molar-refractivity contribution in [2.45, 2.75) is 13.3 Å². The lowest BCUT2D eigenvalue weighted by atomic mass is 10.3. The van der Waals surface area contributed by atoms with Crippen LogP contribution in [0.5, 0.6) is 0 Å². The molecule has 0 aromatic rings. The molecule has 3 heteroatoms. The predicted molar refractivity (Wildman–Crippen MR) is 49.0 cm³/mol. The highest BCUT2D eigenvalue weighted by Gasteiger charge is 1.93. The normalized spacial score (nSPS) is 11.3. The van der Waals surface area contributed by atoms with Gasteiger partial charge in [-0.15, -0.1) is 0 Å². The first-order valence-electron chi connectivity index (χ1n) is 4.19. The fourth-order valence-corrected chi connectivity index (χ4v) is 0.744. The fourth-order valence-electron chi connectivity index (χ4n) is 0.744. The van der Waals surface area contributed by atoms with Gasteiger partial charge in [0, 0.05) is 19.5 Å². The van der Waals surface area contributed by atoms with Gasteiger partial charge in [0.25, 0.3) is 0 Å². The topological polar surface area (TPSA) is 40.5 Å². The molecule has 0 bridgehead atoms. The molecule has 3 nitrogen and oxygen atoms in total. The number of nitrogens with zero attached hydrogens (tertiary/aromatic N) is 1. The maximum Gasteiger partial charge on any atom is 0.155 e. The van der Waals surface area contributed by atoms with Crippen LogP contribution in [0.4, 0.5) is 0 Å². The molecule has 1 N–H and O–H groups in total. The Morgan fingerprint density at radius 1 is 1.58 bits per heavy atom. The third kappa shape index (κ3) is 6.07. The molecule has 0 rings (SSSR count). The number of aliphatic hydroxyl groups is 1. The van der Waals surface area contributed by atoms with E-state index in [1.54, 1.807) is 6.08 Å². The van der Waals surface area contributed by atoms with Gasteiger partial charge < -0.3 is 10.0 Å². The van der Waals surface area contributed by atoms with Gasteiger partial charge in [0.05, 0.1) is 6.61 Å². The lowest BCUT2D eigenvalue weighted by Gasteiger charge is -2.10. The van der Waals surface area contributed by atoms with E-state index < -0.39 is 0 Å². The van der Waals surface area contributed by atoms with Crippen LogP contribution < -0.4 is 0 Å². The van der Waals surface area contributed by atoms with E-state index >= 15 is 0 Å². The van der Waals surface area contributed by atoms with E-state index in [0.717, 1.165) is 0 Å². The van der Waals surface area contributed by atoms with Gasteiger partial charge in [-0.05, 0) is 13.1 Å². The summed E-state index contributed by atoms with van der Waals surface area (Å²) in [7, 11) is 1.90. The average molecular weight is 171 g/mol. The molecule has 0 radical (unpaired) electrons. The molecule has 0 saturated heterocycles. The molecule has 70 valence electrons. The van der Waals surface area contributed by atoms with Gasteiger partial charge in [-0.25, -0.2) is 0 Å². The Kier molecular flexibility index (Phi) is 6.61. The van der Waals surface area contributed by atoms with Gasteiger partial charge in [0.1, 0.15) is 0 Å². The zero-order chi connectivity index (χ0) is 9.40. The number of hydrogen-bond donors (Lipinski definition) is 1. The number of likely N-dealkylation sites (N-methyl/N-ethyl adjacent to an activating group) is 1. The first-order valence-corrected chi connectivity index (χ1v) is 4.19. The Morgan fingerprint density at radius 2 is 2.25 bits per heavy atom. The molecule has 0 aromatic carbocycles. The van der Waals surface area contributed by atoms with Crippen molar-refractivity contribution >= 4 is 5.78 Å². The Hall–Kier alpha value is -0.670. The van der Waals surface area contributed by atoms with Crippen molar-refractivity contribution in [3.8, 4) is 0 Å². The lowest BCUT2D eigenvalue weighted by molar-refractivity contribution is -0.114. The van der Waals surface area contributed by atoms with Gasteiger partial charge in [-0.2, -0.15) is 0 Å². The van der Waals surface area contributed by atoms with Crippen molar-refractivity contribution in [3.05, 3.63) is 12.2 Å². The van der Waals surface area contributed by atoms with Crippen LogP contribution in [0, 0.1) is 0 Å². The van der Waals surface area contributed by atoms with Crippen LogP contribution in [0.25, 0.3) is 0 Å². The molecule has 0 amide bonds. The molecule has 0 fully saturated rings. The van der Waals surface area contributed by atoms with E-state index in [4.69, 9.17) is 5.11 Å². The van der Waals surface area contributed by atoms with Gasteiger partial charge in [0.15, 0.2) is 5.78 Å². The second-order valence-electron chi connectivity index (χ2n) is 2.71. The number of hydrogen-bond acceptors (Lipinski definition) is 3. The van der Waals surface area contributed by atoms with Crippen LogP contribution >= 0.6 is 0 Å². The van der Waals surface area contributed by atoms with Crippen molar-refractivity contribution in [1.29, 1.82) is 0 Å². The third-order valence-corrected chi connectivity index (χ3v) is 1.55. The van der Waals surface area contributed by atoms with Crippen LogP contribution in [0.2, 0.25) is 0 Å². The summed E-state index contributed by atoms with van der Waals surface area (Å²) in [4.78, 5) is 12.7. The van der Waals surface area contributed by atoms with Crippen LogP contribution in [0.3, 0.4) is 0 Å². The fraction of sp³-hybridized carbons (Fsp3) is 0.667. The summed E-state index contributed by atoms with van der Waals surface area (Å²) >= 11 is 0. The maximum atomic E-state index is 10.8. The van der Waals surface area contributed by atoms with E-state index in [9.17, 15) is 4.79 Å². The molecular formula is C9H17NO2. The largest absolute Gasteiger partial charge is 0.395 e. The Labute approximate surface area is 73.7 Å². The number of aliphatic hydroxyl groups excluding tert-OH is 1. The molecule has 12 heavy (non-hydrogen) atoms. The highest BCUT2D eigenvalue weighted by Crippen LogP contribution is 1.86. The van der Waals surface area contributed by atoms with Crippen molar-refractivity contribution in [2.24, 2.45) is 0 Å². The summed E-state index contributed by atoms with van der Waals surface area (Å²) in [5, 5.41) is 8.56. The molecule has 0 aliphatic heterocycles. The number of allylic oxidation sites excluding steroid dienone is 1. The van der Waals surface area contributed by atoms with Gasteiger partial charge in [-0.3, -0.25) is 4.79 Å². The SMILES string of the molecule is CCC(=O)/C=C/CN(C)CCO. The number of carbonyl (C=O) groups excluding carboxylic acids is 1. The molecule has 0 heterocycles. The predicted octanol–water partition coefficient (Wildman–Crippen LogP) is 0.446. The van der Waals surface area contributed by atoms with Crippen molar-refractivity contribution in [1.82, 2.24) is 4.90 Å². The monoisotopic (exact) mass is 171 g/mol. The van der Waals surface area contributed by atoms with Gasteiger partial charge in [0.2, 0.25) is 0 Å². The molecule has 0 atom stereocenters. The quantitative estimate of drug-likeness (QED) is 0.590. The zero-order valence-corrected chi connectivity index (χ0v) is 7.79. The second kappa shape index (κ2) is 7.00. The number of carbonyl (C=O) groups is 1. The second-order valence-corrected chi connectivity index (χ2v) is 2.71. The molecule has 0 saturated carbocycles. The summed E-state index contributed by atoms with van der Waals surface area (Å²) in [5.74, 6) is 0.146. The first-order chi connectivity index (χ1) is 5.70. The third-order valence-electron chi connectivity index (χ3n) is 1.55. The Balaban J connectivity index is 3.52. The van der Waals surface area contributed by atoms with E-state index in [1.807, 2.05) is 24.9 Å². The smallest absolute Gasteiger partial charge is 0.155 e. The molecule has 0 unspecified atom stereocenters. The number of rotatable bonds is 6. The van der Waals surface area contributed by atoms with Crippen LogP contribution in [0.15, 0.2) is 12.2 Å². The molecule has 0 aliphatic rings. The van der Waals surface area contributed by atoms with E-state index in [2.05, 4.69) is 0 Å². The first kappa shape index (κ1) is 11.3. The van der Waals surface area contributed by atoms with Crippen molar-refractivity contribution < 1.29 is 9.90 Å². The van der Waals surface area contributed by atoms with Crippen LogP contribution in [-0.2, 0) is 4.79 Å². The molecule has 0 spiro atoms. The van der Waals surface area contributed by atoms with Gasteiger partial charge >= 0.3 is 0 Å². The van der Waals surface area contributed by atoms with E-state index in [1.165, 1.54) is 0 Å². The summed E-state index contributed by atoms with van der Waals surface area (Å²) in [5.41, 5.74) is 0. The van der Waals surface area contributed by atoms with E-state index in [0.29, 0.717) is 19.5 Å². The Bertz CT molecular complexity index is 155. The molecular weight excluding hydrogens is 154 g/mol. The lowest BCUT2D eigenvalue weighted by Crippen LogP contribution is -2.22. The Morgan fingerprint density at radius 3 is 2.75 bits per heavy atom. The van der Waals surface area contributed by atoms with E-state index in [-0.39, 0.29) is 12.4 Å². The zero-order valence-electron chi connectivity index (χ0n) is 7.79. The molecule has 0 aliphatic carbocycles. The van der Waals surface area contributed by atoms with Crippen LogP contribution in [0.1, 0.15) is 13.3 Å². The summed E-state index contributed by atoms with van der Waals surface area (Å²) in [6.45, 7) is 3.35.